The molecule has 2 aromatic heterocycles. The number of aryl methyl sites for hydroxylation is 1. The molecule has 13 nitrogen and oxygen atoms in total. The summed E-state index contributed by atoms with van der Waals surface area (Å²) in [7, 11) is 1.30. The minimum atomic E-state index is -1.07. The maximum atomic E-state index is 14.8. The third-order valence-electron chi connectivity index (χ3n) is 11.0. The van der Waals surface area contributed by atoms with Crippen LogP contribution in [-0.4, -0.2) is 100 Å². The van der Waals surface area contributed by atoms with Crippen molar-refractivity contribution < 1.29 is 29.0 Å². The van der Waals surface area contributed by atoms with E-state index < -0.39 is 29.7 Å². The highest BCUT2D eigenvalue weighted by atomic mass is 16.5. The predicted molar refractivity (Wildman–Crippen MR) is 232 cm³/mol. The Morgan fingerprint density at radius 3 is 2.30 bits per heavy atom. The van der Waals surface area contributed by atoms with Crippen LogP contribution < -0.4 is 16.0 Å². The molecule has 3 heterocycles. The molecule has 1 aliphatic heterocycles. The zero-order valence-corrected chi connectivity index (χ0v) is 35.8. The number of amides is 5. The van der Waals surface area contributed by atoms with Crippen LogP contribution in [-0.2, 0) is 27.3 Å². The summed E-state index contributed by atoms with van der Waals surface area (Å²) >= 11 is 0. The number of carbonyl (C=O) groups is 4. The average Bonchev–Trinajstić information content (AvgIpc) is 3.58. The number of methoxy groups -OCH3 is 1. The minimum Gasteiger partial charge on any atom is -0.453 e. The molecule has 5 amide bonds. The van der Waals surface area contributed by atoms with Crippen LogP contribution in [0.25, 0.3) is 11.3 Å². The number of nitrogens with zero attached hydrogens (tertiary/aromatic N) is 4. The Morgan fingerprint density at radius 2 is 1.63 bits per heavy atom. The second-order valence-electron chi connectivity index (χ2n) is 16.8. The van der Waals surface area contributed by atoms with Crippen molar-refractivity contribution >= 4 is 23.9 Å². The molecule has 1 aliphatic rings. The first-order valence-corrected chi connectivity index (χ1v) is 20.8. The highest BCUT2D eigenvalue weighted by molar-refractivity contribution is 5.89. The van der Waals surface area contributed by atoms with Crippen molar-refractivity contribution in [3.8, 4) is 11.3 Å². The van der Waals surface area contributed by atoms with Crippen molar-refractivity contribution in [1.29, 1.82) is 0 Å². The number of hydrogen-bond acceptors (Lipinski definition) is 8. The summed E-state index contributed by atoms with van der Waals surface area (Å²) in [6.45, 7) is 11.4. The van der Waals surface area contributed by atoms with Gasteiger partial charge in [0.1, 0.15) is 6.04 Å². The SMILES string of the molecule is COC(=O)NCC(C)CCC(=O)NCCC(O)C(NC(=O)C(N1CCN(Cc2cccc(C)n2)C1=O)C(C)(C)C)C(Cc1ccc(-c2ccccn2)cc1)c1ccccc1. The van der Waals surface area contributed by atoms with Crippen molar-refractivity contribution in [1.82, 2.24) is 35.7 Å². The van der Waals surface area contributed by atoms with Gasteiger partial charge in [-0.05, 0) is 72.9 Å². The van der Waals surface area contributed by atoms with Crippen LogP contribution in [0.1, 0.15) is 75.4 Å². The number of ether oxygens (including phenoxy) is 1. The van der Waals surface area contributed by atoms with Gasteiger partial charge in [0, 0.05) is 56.0 Å². The van der Waals surface area contributed by atoms with E-state index in [9.17, 15) is 24.3 Å². The summed E-state index contributed by atoms with van der Waals surface area (Å²) in [6.07, 6.45) is 1.61. The Morgan fingerprint density at radius 1 is 0.900 bits per heavy atom. The van der Waals surface area contributed by atoms with E-state index in [-0.39, 0.29) is 49.1 Å². The Bertz CT molecular complexity index is 2010. The molecule has 5 atom stereocenters. The monoisotopic (exact) mass is 819 g/mol. The number of pyridine rings is 2. The molecule has 5 rings (SSSR count). The fraction of sp³-hybridized carbons (Fsp3) is 0.447. The van der Waals surface area contributed by atoms with Crippen molar-refractivity contribution in [3.63, 3.8) is 0 Å². The molecule has 2 aromatic carbocycles. The van der Waals surface area contributed by atoms with Crippen LogP contribution in [0, 0.1) is 18.3 Å². The number of benzene rings is 2. The van der Waals surface area contributed by atoms with Crippen molar-refractivity contribution in [2.75, 3.05) is 33.3 Å². The second kappa shape index (κ2) is 21.4. The maximum Gasteiger partial charge on any atom is 0.406 e. The van der Waals surface area contributed by atoms with Gasteiger partial charge in [0.2, 0.25) is 11.8 Å². The molecule has 1 saturated heterocycles. The highest BCUT2D eigenvalue weighted by Crippen LogP contribution is 2.32. The van der Waals surface area contributed by atoms with E-state index in [0.717, 1.165) is 33.8 Å². The summed E-state index contributed by atoms with van der Waals surface area (Å²) < 4.78 is 4.63. The Balaban J connectivity index is 1.38. The fourth-order valence-corrected chi connectivity index (χ4v) is 7.77. The van der Waals surface area contributed by atoms with E-state index in [2.05, 4.69) is 30.7 Å². The van der Waals surface area contributed by atoms with Crippen LogP contribution in [0.5, 0.6) is 0 Å². The van der Waals surface area contributed by atoms with Crippen LogP contribution in [0.2, 0.25) is 0 Å². The van der Waals surface area contributed by atoms with Gasteiger partial charge in [-0.1, -0.05) is 94.4 Å². The lowest BCUT2D eigenvalue weighted by Gasteiger charge is -2.39. The molecule has 0 aliphatic carbocycles. The van der Waals surface area contributed by atoms with E-state index in [4.69, 9.17) is 0 Å². The number of rotatable bonds is 19. The summed E-state index contributed by atoms with van der Waals surface area (Å²) in [5, 5.41) is 21.0. The molecule has 0 radical (unpaired) electrons. The molecular weight excluding hydrogens is 759 g/mol. The summed E-state index contributed by atoms with van der Waals surface area (Å²) in [6, 6.07) is 27.6. The number of hydrogen-bond donors (Lipinski definition) is 4. The molecule has 0 saturated carbocycles. The van der Waals surface area contributed by atoms with Gasteiger partial charge < -0.3 is 35.6 Å². The molecule has 13 heteroatoms. The van der Waals surface area contributed by atoms with Gasteiger partial charge >= 0.3 is 12.1 Å². The van der Waals surface area contributed by atoms with E-state index >= 15 is 0 Å². The molecule has 60 heavy (non-hydrogen) atoms. The lowest BCUT2D eigenvalue weighted by atomic mass is 9.81. The highest BCUT2D eigenvalue weighted by Gasteiger charge is 2.45. The van der Waals surface area contributed by atoms with E-state index in [1.165, 1.54) is 7.11 Å². The van der Waals surface area contributed by atoms with Crippen molar-refractivity contribution in [3.05, 3.63) is 120 Å². The number of aliphatic hydroxyl groups is 1. The zero-order chi connectivity index (χ0) is 43.2. The quantitative estimate of drug-likeness (QED) is 0.0862. The standard InChI is InChI=1S/C47H61N7O6/c1-32(30-50-45(58)60-6)18-23-41(56)49-26-24-40(55)42(38(35-14-8-7-9-15-35)29-34-19-21-36(22-20-34)39-17-10-11-25-48-39)52-44(57)43(47(3,4)5)54-28-27-53(46(54)59)31-37-16-12-13-33(2)51-37/h7-17,19-22,25,32,38,40,42-43,55H,18,23-24,26-31H2,1-6H3,(H,49,56)(H,50,58)(H,52,57). The number of carbonyl (C=O) groups excluding carboxylic acids is 4. The normalized spacial score (nSPS) is 15.4. The Kier molecular flexibility index (Phi) is 16.2. The third-order valence-corrected chi connectivity index (χ3v) is 11.0. The smallest absolute Gasteiger partial charge is 0.406 e. The van der Waals surface area contributed by atoms with Gasteiger partial charge in [0.15, 0.2) is 0 Å². The van der Waals surface area contributed by atoms with Gasteiger partial charge in [-0.25, -0.2) is 9.59 Å². The van der Waals surface area contributed by atoms with Crippen LogP contribution >= 0.6 is 0 Å². The molecule has 0 spiro atoms. The van der Waals surface area contributed by atoms with Crippen LogP contribution in [0.3, 0.4) is 0 Å². The molecule has 5 unspecified atom stereocenters. The van der Waals surface area contributed by atoms with Gasteiger partial charge in [0.05, 0.1) is 37.2 Å². The number of alkyl carbamates (subject to hydrolysis) is 1. The molecule has 4 N–H and O–H groups in total. The first-order chi connectivity index (χ1) is 28.7. The second-order valence-corrected chi connectivity index (χ2v) is 16.8. The topological polar surface area (TPSA) is 166 Å². The maximum absolute atomic E-state index is 14.8. The summed E-state index contributed by atoms with van der Waals surface area (Å²) in [4.78, 5) is 65.7. The summed E-state index contributed by atoms with van der Waals surface area (Å²) in [5.74, 6) is -0.871. The fourth-order valence-electron chi connectivity index (χ4n) is 7.77. The summed E-state index contributed by atoms with van der Waals surface area (Å²) in [5.41, 5.74) is 4.74. The van der Waals surface area contributed by atoms with Gasteiger partial charge in [-0.3, -0.25) is 19.6 Å². The van der Waals surface area contributed by atoms with E-state index in [1.807, 2.05) is 126 Å². The third kappa shape index (κ3) is 12.8. The number of urea groups is 1. The Labute approximate surface area is 354 Å². The van der Waals surface area contributed by atoms with Gasteiger partial charge in [0.25, 0.3) is 0 Å². The lowest BCUT2D eigenvalue weighted by Crippen LogP contribution is -2.59. The molecule has 4 aromatic rings. The number of nitrogens with one attached hydrogen (secondary N) is 3. The first-order valence-electron chi connectivity index (χ1n) is 20.8. The lowest BCUT2D eigenvalue weighted by molar-refractivity contribution is -0.130. The van der Waals surface area contributed by atoms with Crippen molar-refractivity contribution in [2.24, 2.45) is 11.3 Å². The molecule has 0 bridgehead atoms. The van der Waals surface area contributed by atoms with Gasteiger partial charge in [-0.15, -0.1) is 0 Å². The van der Waals surface area contributed by atoms with Crippen LogP contribution in [0.4, 0.5) is 9.59 Å². The number of aromatic nitrogens is 2. The Hall–Kier alpha value is -5.82. The zero-order valence-electron chi connectivity index (χ0n) is 35.8. The average molecular weight is 820 g/mol. The molecule has 1 fully saturated rings. The van der Waals surface area contributed by atoms with Crippen molar-refractivity contribution in [2.45, 2.75) is 91.0 Å². The number of aliphatic hydroxyl groups excluding tert-OH is 1. The first kappa shape index (κ1) is 45.3. The van der Waals surface area contributed by atoms with Gasteiger partial charge in [-0.2, -0.15) is 0 Å². The minimum absolute atomic E-state index is 0.0502. The van der Waals surface area contributed by atoms with Crippen LogP contribution in [0.15, 0.2) is 97.2 Å². The largest absolute Gasteiger partial charge is 0.453 e. The molecular formula is C47H61N7O6. The predicted octanol–water partition coefficient (Wildman–Crippen LogP) is 6.26. The van der Waals surface area contributed by atoms with E-state index in [0.29, 0.717) is 39.0 Å². The molecule has 320 valence electrons. The van der Waals surface area contributed by atoms with E-state index in [1.54, 1.807) is 16.0 Å².